The monoisotopic (exact) mass is 758 g/mol. The van der Waals surface area contributed by atoms with Crippen LogP contribution in [-0.4, -0.2) is 70.7 Å². The van der Waals surface area contributed by atoms with Gasteiger partial charge in [0, 0.05) is 59.5 Å². The van der Waals surface area contributed by atoms with Crippen LogP contribution in [0.25, 0.3) is 0 Å². The molecule has 0 radical (unpaired) electrons. The van der Waals surface area contributed by atoms with Crippen molar-refractivity contribution in [2.75, 3.05) is 23.0 Å². The summed E-state index contributed by atoms with van der Waals surface area (Å²) in [7, 11) is 0. The van der Waals surface area contributed by atoms with Gasteiger partial charge in [0.25, 0.3) is 0 Å². The van der Waals surface area contributed by atoms with E-state index in [1.54, 1.807) is 13.8 Å². The average Bonchev–Trinajstić information content (AvgIpc) is 3.41. The van der Waals surface area contributed by atoms with Gasteiger partial charge in [-0.3, -0.25) is 0 Å². The Kier molecular flexibility index (Phi) is 8.90. The number of ether oxygens (including phenoxy) is 4. The molecule has 0 amide bonds. The summed E-state index contributed by atoms with van der Waals surface area (Å²) >= 11 is 2.61. The third-order valence-corrected chi connectivity index (χ3v) is 15.0. The number of halogens is 6. The zero-order valence-electron chi connectivity index (χ0n) is 28.5. The van der Waals surface area contributed by atoms with E-state index in [0.29, 0.717) is 50.0 Å². The Morgan fingerprint density at radius 1 is 0.600 bits per heavy atom. The van der Waals surface area contributed by atoms with E-state index in [1.165, 1.54) is 23.5 Å². The van der Waals surface area contributed by atoms with Gasteiger partial charge in [-0.1, -0.05) is 13.8 Å². The van der Waals surface area contributed by atoms with Crippen LogP contribution in [0.1, 0.15) is 79.1 Å². The second-order valence-electron chi connectivity index (χ2n) is 15.8. The molecule has 8 fully saturated rings. The molecule has 2 saturated carbocycles. The van der Waals surface area contributed by atoms with Crippen LogP contribution in [0.3, 0.4) is 0 Å². The Balaban J connectivity index is 0.987. The molecule has 10 aliphatic rings. The lowest BCUT2D eigenvalue weighted by Gasteiger charge is -2.57. The zero-order chi connectivity index (χ0) is 35.5. The molecule has 2 spiro atoms. The normalized spacial score (nSPS) is 46.8. The second kappa shape index (κ2) is 12.3. The van der Waals surface area contributed by atoms with Crippen molar-refractivity contribution < 1.29 is 64.8 Å². The first kappa shape index (κ1) is 36.1. The van der Waals surface area contributed by atoms with E-state index in [4.69, 9.17) is 38.5 Å². The fourth-order valence-electron chi connectivity index (χ4n) is 10.3. The molecule has 8 aliphatic heterocycles. The summed E-state index contributed by atoms with van der Waals surface area (Å²) in [5.41, 5.74) is -2.12. The van der Waals surface area contributed by atoms with Crippen LogP contribution >= 0.6 is 23.5 Å². The topological polar surface area (TPSA) is 73.8 Å². The maximum absolute atomic E-state index is 14.6. The molecule has 8 heterocycles. The quantitative estimate of drug-likeness (QED) is 0.143. The third kappa shape index (κ3) is 5.57. The largest absolute Gasteiger partial charge is 0.456 e. The highest BCUT2D eigenvalue weighted by Crippen LogP contribution is 2.63. The molecule has 2 unspecified atom stereocenters. The number of hydrogen-bond donors (Lipinski definition) is 0. The number of fused-ring (bicyclic) bond motifs is 4. The molecular formula is C34H44F6O8S2. The van der Waals surface area contributed by atoms with Gasteiger partial charge >= 0.3 is 12.4 Å². The van der Waals surface area contributed by atoms with Crippen LogP contribution in [0.5, 0.6) is 0 Å². The molecule has 4 bridgehead atoms. The van der Waals surface area contributed by atoms with Gasteiger partial charge in [-0.15, -0.1) is 0 Å². The summed E-state index contributed by atoms with van der Waals surface area (Å²) in [4.78, 5) is 23.6. The van der Waals surface area contributed by atoms with Crippen molar-refractivity contribution in [2.45, 2.75) is 127 Å². The van der Waals surface area contributed by atoms with Crippen LogP contribution < -0.4 is 0 Å². The summed E-state index contributed by atoms with van der Waals surface area (Å²) in [6.45, 7) is 7.50. The van der Waals surface area contributed by atoms with E-state index in [-0.39, 0.29) is 46.3 Å². The Bertz CT molecular complexity index is 1320. The Morgan fingerprint density at radius 3 is 1.38 bits per heavy atom. The summed E-state index contributed by atoms with van der Waals surface area (Å²) in [6, 6.07) is 0. The van der Waals surface area contributed by atoms with Gasteiger partial charge in [-0.25, -0.2) is 19.6 Å². The fourth-order valence-corrected chi connectivity index (χ4v) is 12.6. The third-order valence-electron chi connectivity index (χ3n) is 12.7. The van der Waals surface area contributed by atoms with Crippen LogP contribution in [-0.2, 0) is 38.5 Å². The standard InChI is InChI=1S/C34H44F6O8S2/c1-17-5-7-23-19(25(33(35,36)37)41-27-31(23)21(17)9-11-29(3,43-27)45-47-31)15-49-13-14-50-16-20-24-8-6-18(2)22-10-12-30(4)44-28(32(22,24)48-46-30)42-26(20)34(38,39)40/h17-18,21-24,27-28H,5-16H2,1-4H3/t17-,18-,21?,22?,23+,24+,27-,28-,29+,30+,31-,32-/m1/s1. The number of hydrogen-bond acceptors (Lipinski definition) is 10. The first-order chi connectivity index (χ1) is 23.5. The van der Waals surface area contributed by atoms with Crippen molar-refractivity contribution in [3.63, 3.8) is 0 Å². The minimum atomic E-state index is -4.74. The van der Waals surface area contributed by atoms with Crippen LogP contribution in [0.15, 0.2) is 22.7 Å². The number of rotatable bonds is 7. The van der Waals surface area contributed by atoms with Crippen molar-refractivity contribution in [3.8, 4) is 0 Å². The lowest BCUT2D eigenvalue weighted by atomic mass is 9.59. The molecule has 0 aromatic rings. The predicted octanol–water partition coefficient (Wildman–Crippen LogP) is 8.58. The maximum Gasteiger partial charge on any atom is 0.449 e. The van der Waals surface area contributed by atoms with Gasteiger partial charge in [0.2, 0.25) is 35.7 Å². The molecule has 0 aromatic carbocycles. The van der Waals surface area contributed by atoms with Crippen LogP contribution in [0.4, 0.5) is 26.3 Å². The van der Waals surface area contributed by atoms with E-state index in [0.717, 1.165) is 12.8 Å². The second-order valence-corrected chi connectivity index (χ2v) is 18.0. The van der Waals surface area contributed by atoms with Gasteiger partial charge in [0.1, 0.15) is 0 Å². The first-order valence-corrected chi connectivity index (χ1v) is 20.0. The van der Waals surface area contributed by atoms with Gasteiger partial charge < -0.3 is 18.9 Å². The highest BCUT2D eigenvalue weighted by atomic mass is 32.2. The molecule has 8 nitrogen and oxygen atoms in total. The van der Waals surface area contributed by atoms with E-state index >= 15 is 0 Å². The SMILES string of the molecule is C[C@@H]1CC[C@H]2C(CSCCSCC3=C(C(F)(F)F)O[C@@H]4O[C@]5(C)CCC6[C@H](C)CC[C@@H]3[C@]64OO5)=C(C(F)(F)F)O[C@@H]3O[C@]4(C)CCC1[C@]32OO4. The number of thioether (sulfide) groups is 2. The molecule has 50 heavy (non-hydrogen) atoms. The Morgan fingerprint density at radius 2 is 1.00 bits per heavy atom. The summed E-state index contributed by atoms with van der Waals surface area (Å²) in [5.74, 6) is -4.66. The van der Waals surface area contributed by atoms with Gasteiger partial charge in [0.05, 0.1) is 0 Å². The van der Waals surface area contributed by atoms with E-state index < -0.39 is 71.1 Å². The number of allylic oxidation sites excluding steroid dienone is 2. The van der Waals surface area contributed by atoms with E-state index in [2.05, 4.69) is 13.8 Å². The molecule has 12 atom stereocenters. The van der Waals surface area contributed by atoms with Crippen molar-refractivity contribution in [1.82, 2.24) is 0 Å². The summed E-state index contributed by atoms with van der Waals surface area (Å²) in [6.07, 6.45) is -7.24. The van der Waals surface area contributed by atoms with Gasteiger partial charge in [0.15, 0.2) is 11.2 Å². The maximum atomic E-state index is 14.6. The van der Waals surface area contributed by atoms with Crippen molar-refractivity contribution in [2.24, 2.45) is 35.5 Å². The van der Waals surface area contributed by atoms with Gasteiger partial charge in [-0.05, 0) is 75.4 Å². The molecule has 282 valence electrons. The minimum Gasteiger partial charge on any atom is -0.456 e. The minimum absolute atomic E-state index is 0.0319. The summed E-state index contributed by atoms with van der Waals surface area (Å²) < 4.78 is 111. The van der Waals surface area contributed by atoms with Crippen molar-refractivity contribution in [3.05, 3.63) is 22.7 Å². The molecule has 2 aliphatic carbocycles. The number of alkyl halides is 6. The highest BCUT2D eigenvalue weighted by molar-refractivity contribution is 8.03. The molecule has 10 rings (SSSR count). The van der Waals surface area contributed by atoms with Crippen molar-refractivity contribution in [1.29, 1.82) is 0 Å². The highest BCUT2D eigenvalue weighted by Gasteiger charge is 2.71. The lowest BCUT2D eigenvalue weighted by molar-refractivity contribution is -0.557. The summed E-state index contributed by atoms with van der Waals surface area (Å²) in [5, 5.41) is 0. The first-order valence-electron chi connectivity index (χ1n) is 17.7. The zero-order valence-corrected chi connectivity index (χ0v) is 30.1. The Hall–Kier alpha value is -0.880. The predicted molar refractivity (Wildman–Crippen MR) is 169 cm³/mol. The molecular weight excluding hydrogens is 714 g/mol. The average molecular weight is 759 g/mol. The van der Waals surface area contributed by atoms with E-state index in [9.17, 15) is 26.3 Å². The smallest absolute Gasteiger partial charge is 0.449 e. The van der Waals surface area contributed by atoms with Gasteiger partial charge in [-0.2, -0.15) is 49.9 Å². The van der Waals surface area contributed by atoms with Crippen LogP contribution in [0.2, 0.25) is 0 Å². The molecule has 0 N–H and O–H groups in total. The fraction of sp³-hybridized carbons (Fsp3) is 0.882. The molecule has 0 aromatic heterocycles. The molecule has 16 heteroatoms. The van der Waals surface area contributed by atoms with Crippen LogP contribution in [0, 0.1) is 35.5 Å². The molecule has 6 saturated heterocycles. The Labute approximate surface area is 295 Å². The van der Waals surface area contributed by atoms with Crippen molar-refractivity contribution >= 4 is 23.5 Å². The van der Waals surface area contributed by atoms with E-state index in [1.807, 2.05) is 0 Å². The lowest BCUT2D eigenvalue weighted by Crippen LogP contribution is -2.67.